The van der Waals surface area contributed by atoms with Gasteiger partial charge in [0.25, 0.3) is 5.91 Å². The van der Waals surface area contributed by atoms with E-state index in [9.17, 15) is 9.59 Å². The molecule has 2 aliphatic heterocycles. The summed E-state index contributed by atoms with van der Waals surface area (Å²) in [6.07, 6.45) is 2.03. The van der Waals surface area contributed by atoms with Gasteiger partial charge in [0.05, 0.1) is 12.5 Å². The van der Waals surface area contributed by atoms with Gasteiger partial charge in [0.1, 0.15) is 0 Å². The van der Waals surface area contributed by atoms with Crippen molar-refractivity contribution in [1.29, 1.82) is 0 Å². The predicted molar refractivity (Wildman–Crippen MR) is 102 cm³/mol. The first-order valence-corrected chi connectivity index (χ1v) is 9.33. The SMILES string of the molecule is O=C(NO)c1ccc(CN2C(=O)C(C3CCNCC3)c3ccccc32)cc1. The number of fused-ring (bicyclic) bond motifs is 1. The molecular formula is C21H23N3O3. The minimum atomic E-state index is -0.546. The van der Waals surface area contributed by atoms with Gasteiger partial charge in [0, 0.05) is 11.3 Å². The summed E-state index contributed by atoms with van der Waals surface area (Å²) in [5, 5.41) is 12.1. The highest BCUT2D eigenvalue weighted by Gasteiger charge is 2.41. The quantitative estimate of drug-likeness (QED) is 0.574. The Balaban J connectivity index is 1.59. The number of anilines is 1. The highest BCUT2D eigenvalue weighted by molar-refractivity contribution is 6.05. The molecule has 1 unspecified atom stereocenters. The maximum atomic E-state index is 13.3. The fraction of sp³-hybridized carbons (Fsp3) is 0.333. The summed E-state index contributed by atoms with van der Waals surface area (Å²) in [4.78, 5) is 26.6. The van der Waals surface area contributed by atoms with E-state index < -0.39 is 5.91 Å². The first-order valence-electron chi connectivity index (χ1n) is 9.33. The van der Waals surface area contributed by atoms with Crippen molar-refractivity contribution in [2.45, 2.75) is 25.3 Å². The number of hydrogen-bond donors (Lipinski definition) is 3. The van der Waals surface area contributed by atoms with Crippen LogP contribution in [0.5, 0.6) is 0 Å². The van der Waals surface area contributed by atoms with E-state index >= 15 is 0 Å². The molecule has 6 heteroatoms. The Kier molecular flexibility index (Phi) is 4.92. The summed E-state index contributed by atoms with van der Waals surface area (Å²) in [6, 6.07) is 15.0. The van der Waals surface area contributed by atoms with E-state index in [1.165, 1.54) is 0 Å². The Labute approximate surface area is 158 Å². The standard InChI is InChI=1S/C21H23N3O3/c25-20(23-27)16-7-5-14(6-8-16)13-24-18-4-2-1-3-17(18)19(21(24)26)15-9-11-22-12-10-15/h1-8,15,19,22,27H,9-13H2,(H,23,25). The molecule has 1 saturated heterocycles. The molecule has 0 aromatic heterocycles. The van der Waals surface area contributed by atoms with E-state index in [1.54, 1.807) is 17.6 Å². The Bertz CT molecular complexity index is 844. The number of benzene rings is 2. The number of carbonyl (C=O) groups excluding carboxylic acids is 2. The summed E-state index contributed by atoms with van der Waals surface area (Å²) < 4.78 is 0. The average molecular weight is 365 g/mol. The highest BCUT2D eigenvalue weighted by Crippen LogP contribution is 2.44. The third-order valence-electron chi connectivity index (χ3n) is 5.61. The van der Waals surface area contributed by atoms with Crippen LogP contribution in [0.4, 0.5) is 5.69 Å². The molecule has 3 N–H and O–H groups in total. The summed E-state index contributed by atoms with van der Waals surface area (Å²) in [5.74, 6) is -0.0707. The summed E-state index contributed by atoms with van der Waals surface area (Å²) in [5.41, 5.74) is 5.07. The monoisotopic (exact) mass is 365 g/mol. The van der Waals surface area contributed by atoms with Gasteiger partial charge in [-0.05, 0) is 61.2 Å². The summed E-state index contributed by atoms with van der Waals surface area (Å²) in [7, 11) is 0. The smallest absolute Gasteiger partial charge is 0.274 e. The molecule has 2 aromatic carbocycles. The number of amides is 2. The topological polar surface area (TPSA) is 81.7 Å². The Hall–Kier alpha value is -2.70. The van der Waals surface area contributed by atoms with Gasteiger partial charge in [-0.2, -0.15) is 0 Å². The lowest BCUT2D eigenvalue weighted by Gasteiger charge is -2.27. The fourth-order valence-corrected chi connectivity index (χ4v) is 4.22. The van der Waals surface area contributed by atoms with Crippen LogP contribution < -0.4 is 15.7 Å². The van der Waals surface area contributed by atoms with Crippen molar-refractivity contribution in [2.24, 2.45) is 5.92 Å². The first kappa shape index (κ1) is 17.7. The Morgan fingerprint density at radius 2 is 1.81 bits per heavy atom. The van der Waals surface area contributed by atoms with Crippen LogP contribution in [0.25, 0.3) is 0 Å². The third-order valence-corrected chi connectivity index (χ3v) is 5.61. The third kappa shape index (κ3) is 3.34. The van der Waals surface area contributed by atoms with E-state index in [-0.39, 0.29) is 11.8 Å². The van der Waals surface area contributed by atoms with E-state index in [0.29, 0.717) is 18.0 Å². The van der Waals surface area contributed by atoms with Crippen LogP contribution in [0.1, 0.15) is 40.2 Å². The zero-order valence-corrected chi connectivity index (χ0v) is 15.0. The molecule has 1 atom stereocenters. The van der Waals surface area contributed by atoms with Crippen LogP contribution >= 0.6 is 0 Å². The molecule has 2 aromatic rings. The maximum Gasteiger partial charge on any atom is 0.274 e. The van der Waals surface area contributed by atoms with Gasteiger partial charge >= 0.3 is 0 Å². The average Bonchev–Trinajstić information content (AvgIpc) is 3.00. The van der Waals surface area contributed by atoms with Gasteiger partial charge in [-0.3, -0.25) is 14.8 Å². The molecule has 2 heterocycles. The van der Waals surface area contributed by atoms with Crippen LogP contribution in [0.2, 0.25) is 0 Å². The molecular weight excluding hydrogens is 342 g/mol. The molecule has 2 amide bonds. The molecule has 0 saturated carbocycles. The van der Waals surface area contributed by atoms with Crippen molar-refractivity contribution in [1.82, 2.24) is 10.8 Å². The van der Waals surface area contributed by atoms with Crippen molar-refractivity contribution >= 4 is 17.5 Å². The lowest BCUT2D eigenvalue weighted by Crippen LogP contribution is -2.36. The predicted octanol–water partition coefficient (Wildman–Crippen LogP) is 2.44. The summed E-state index contributed by atoms with van der Waals surface area (Å²) in [6.45, 7) is 2.40. The highest BCUT2D eigenvalue weighted by atomic mass is 16.5. The van der Waals surface area contributed by atoms with Gasteiger partial charge < -0.3 is 10.2 Å². The van der Waals surface area contributed by atoms with Crippen LogP contribution in [0.3, 0.4) is 0 Å². The molecule has 0 aliphatic carbocycles. The second-order valence-electron chi connectivity index (χ2n) is 7.19. The molecule has 0 bridgehead atoms. The van der Waals surface area contributed by atoms with Crippen molar-refractivity contribution in [3.05, 3.63) is 65.2 Å². The number of rotatable bonds is 4. The fourth-order valence-electron chi connectivity index (χ4n) is 4.22. The van der Waals surface area contributed by atoms with Crippen molar-refractivity contribution in [3.63, 3.8) is 0 Å². The number of carbonyl (C=O) groups is 2. The Morgan fingerprint density at radius 1 is 1.11 bits per heavy atom. The largest absolute Gasteiger partial charge is 0.317 e. The number of piperidine rings is 1. The van der Waals surface area contributed by atoms with E-state index in [0.717, 1.165) is 42.7 Å². The summed E-state index contributed by atoms with van der Waals surface area (Å²) >= 11 is 0. The van der Waals surface area contributed by atoms with Gasteiger partial charge in [-0.15, -0.1) is 0 Å². The van der Waals surface area contributed by atoms with Crippen molar-refractivity contribution in [3.8, 4) is 0 Å². The van der Waals surface area contributed by atoms with Crippen LogP contribution in [-0.2, 0) is 11.3 Å². The van der Waals surface area contributed by atoms with Crippen LogP contribution in [0, 0.1) is 5.92 Å². The van der Waals surface area contributed by atoms with Crippen molar-refractivity contribution < 1.29 is 14.8 Å². The van der Waals surface area contributed by atoms with Gasteiger partial charge in [0.15, 0.2) is 0 Å². The zero-order valence-electron chi connectivity index (χ0n) is 15.0. The van der Waals surface area contributed by atoms with Gasteiger partial charge in [-0.1, -0.05) is 30.3 Å². The van der Waals surface area contributed by atoms with Crippen molar-refractivity contribution in [2.75, 3.05) is 18.0 Å². The molecule has 1 fully saturated rings. The number of hydrogen-bond acceptors (Lipinski definition) is 4. The number of hydroxylamine groups is 1. The van der Waals surface area contributed by atoms with E-state index in [2.05, 4.69) is 11.4 Å². The maximum absolute atomic E-state index is 13.3. The molecule has 27 heavy (non-hydrogen) atoms. The number of nitrogens with zero attached hydrogens (tertiary/aromatic N) is 1. The molecule has 4 rings (SSSR count). The molecule has 0 radical (unpaired) electrons. The molecule has 140 valence electrons. The minimum absolute atomic E-state index is 0.0669. The second kappa shape index (κ2) is 7.50. The second-order valence-corrected chi connectivity index (χ2v) is 7.19. The van der Waals surface area contributed by atoms with E-state index in [1.807, 2.05) is 35.2 Å². The zero-order chi connectivity index (χ0) is 18.8. The molecule has 2 aliphatic rings. The van der Waals surface area contributed by atoms with Gasteiger partial charge in [-0.25, -0.2) is 5.48 Å². The minimum Gasteiger partial charge on any atom is -0.317 e. The molecule has 0 spiro atoms. The number of nitrogens with one attached hydrogen (secondary N) is 2. The number of para-hydroxylation sites is 1. The van der Waals surface area contributed by atoms with E-state index in [4.69, 9.17) is 5.21 Å². The molecule has 6 nitrogen and oxygen atoms in total. The lowest BCUT2D eigenvalue weighted by atomic mass is 9.81. The van der Waals surface area contributed by atoms with Gasteiger partial charge in [0.2, 0.25) is 5.91 Å². The first-order chi connectivity index (χ1) is 13.2. The van der Waals surface area contributed by atoms with Crippen LogP contribution in [-0.4, -0.2) is 30.1 Å². The Morgan fingerprint density at radius 3 is 2.52 bits per heavy atom. The van der Waals surface area contributed by atoms with Crippen LogP contribution in [0.15, 0.2) is 48.5 Å². The normalized spacial score (nSPS) is 19.8. The lowest BCUT2D eigenvalue weighted by molar-refractivity contribution is -0.120.